The molecule has 1 rings (SSSR count). The van der Waals surface area contributed by atoms with Crippen molar-refractivity contribution in [3.05, 3.63) is 11.6 Å². The second kappa shape index (κ2) is 2.64. The number of nitrogens with one attached hydrogen (secondary N) is 1. The van der Waals surface area contributed by atoms with Gasteiger partial charge in [-0.2, -0.15) is 0 Å². The highest BCUT2D eigenvalue weighted by molar-refractivity contribution is 6.05. The number of carbonyl (C=O) groups excluding carboxylic acids is 1. The number of allylic oxidation sites excluding steroid dienone is 1. The van der Waals surface area contributed by atoms with E-state index in [1.807, 2.05) is 6.92 Å². The van der Waals surface area contributed by atoms with Gasteiger partial charge in [0.1, 0.15) is 0 Å². The summed E-state index contributed by atoms with van der Waals surface area (Å²) in [6, 6.07) is 0. The second-order valence-electron chi connectivity index (χ2n) is 2.21. The van der Waals surface area contributed by atoms with Crippen molar-refractivity contribution in [3.63, 3.8) is 0 Å². The van der Waals surface area contributed by atoms with Gasteiger partial charge in [-0.05, 0) is 13.0 Å². The quantitative estimate of drug-likeness (QED) is 0.550. The van der Waals surface area contributed by atoms with E-state index < -0.39 is 0 Å². The first-order valence-corrected chi connectivity index (χ1v) is 3.17. The van der Waals surface area contributed by atoms with Crippen LogP contribution in [0.5, 0.6) is 0 Å². The Hall–Kier alpha value is -1.12. The van der Waals surface area contributed by atoms with Crippen LogP contribution >= 0.6 is 0 Å². The average Bonchev–Trinajstić information content (AvgIpc) is 2.34. The topological polar surface area (TPSA) is 41.5 Å². The second-order valence-corrected chi connectivity index (χ2v) is 2.21. The Morgan fingerprint density at radius 3 is 2.90 bits per heavy atom. The van der Waals surface area contributed by atoms with E-state index in [1.54, 1.807) is 13.1 Å². The Bertz CT molecular complexity index is 216. The summed E-state index contributed by atoms with van der Waals surface area (Å²) in [6.07, 6.45) is 1.80. The van der Waals surface area contributed by atoms with Crippen LogP contribution in [0.3, 0.4) is 0 Å². The highest BCUT2D eigenvalue weighted by Gasteiger charge is 2.10. The fraction of sp³-hybridized carbons (Fsp3) is 0.429. The number of aliphatic imine (C=N–C) groups is 1. The molecule has 1 heterocycles. The third-order valence-corrected chi connectivity index (χ3v) is 1.40. The van der Waals surface area contributed by atoms with E-state index in [2.05, 4.69) is 10.3 Å². The van der Waals surface area contributed by atoms with Crippen LogP contribution in [-0.2, 0) is 4.79 Å². The Labute approximate surface area is 59.8 Å². The fourth-order valence-corrected chi connectivity index (χ4v) is 0.851. The Balaban J connectivity index is 2.63. The first-order chi connectivity index (χ1) is 4.74. The van der Waals surface area contributed by atoms with E-state index in [4.69, 9.17) is 0 Å². The zero-order valence-electron chi connectivity index (χ0n) is 6.14. The summed E-state index contributed by atoms with van der Waals surface area (Å²) in [5.74, 6) is -0.0272. The molecule has 0 aromatic rings. The van der Waals surface area contributed by atoms with Gasteiger partial charge < -0.3 is 5.32 Å². The first kappa shape index (κ1) is 6.99. The lowest BCUT2D eigenvalue weighted by Gasteiger charge is -1.95. The number of rotatable bonds is 1. The SMILES string of the molecule is CNC(=O)C1=CC(C)=NC1. The molecular formula is C7H10N2O. The van der Waals surface area contributed by atoms with Crippen molar-refractivity contribution in [2.75, 3.05) is 13.6 Å². The third kappa shape index (κ3) is 1.23. The summed E-state index contributed by atoms with van der Waals surface area (Å²) in [6.45, 7) is 2.42. The molecule has 3 nitrogen and oxygen atoms in total. The van der Waals surface area contributed by atoms with Crippen molar-refractivity contribution in [2.45, 2.75) is 6.92 Å². The summed E-state index contributed by atoms with van der Waals surface area (Å²) in [5, 5.41) is 2.55. The molecule has 0 bridgehead atoms. The molecule has 0 saturated carbocycles. The maximum absolute atomic E-state index is 10.9. The molecule has 1 N–H and O–H groups in total. The number of hydrogen-bond donors (Lipinski definition) is 1. The largest absolute Gasteiger partial charge is 0.355 e. The lowest BCUT2D eigenvalue weighted by molar-refractivity contribution is -0.117. The average molecular weight is 138 g/mol. The van der Waals surface area contributed by atoms with Crippen LogP contribution in [0.25, 0.3) is 0 Å². The molecule has 1 aliphatic rings. The Kier molecular flexibility index (Phi) is 1.85. The Morgan fingerprint density at radius 1 is 1.80 bits per heavy atom. The fourth-order valence-electron chi connectivity index (χ4n) is 0.851. The van der Waals surface area contributed by atoms with Crippen molar-refractivity contribution < 1.29 is 4.79 Å². The zero-order chi connectivity index (χ0) is 7.56. The van der Waals surface area contributed by atoms with Crippen LogP contribution in [0.4, 0.5) is 0 Å². The van der Waals surface area contributed by atoms with Crippen molar-refractivity contribution in [1.82, 2.24) is 5.32 Å². The van der Waals surface area contributed by atoms with Crippen molar-refractivity contribution >= 4 is 11.6 Å². The summed E-state index contributed by atoms with van der Waals surface area (Å²) in [7, 11) is 1.62. The molecule has 0 fully saturated rings. The van der Waals surface area contributed by atoms with Crippen LogP contribution in [0, 0.1) is 0 Å². The van der Waals surface area contributed by atoms with Gasteiger partial charge in [-0.3, -0.25) is 9.79 Å². The molecular weight excluding hydrogens is 128 g/mol. The first-order valence-electron chi connectivity index (χ1n) is 3.17. The molecule has 1 aliphatic heterocycles. The van der Waals surface area contributed by atoms with Crippen molar-refractivity contribution in [1.29, 1.82) is 0 Å². The molecule has 0 aromatic carbocycles. The molecule has 0 radical (unpaired) electrons. The highest BCUT2D eigenvalue weighted by atomic mass is 16.1. The van der Waals surface area contributed by atoms with Gasteiger partial charge in [0.05, 0.1) is 6.54 Å². The number of amides is 1. The molecule has 0 aromatic heterocycles. The smallest absolute Gasteiger partial charge is 0.248 e. The normalized spacial score (nSPS) is 16.2. The van der Waals surface area contributed by atoms with Gasteiger partial charge in [0, 0.05) is 18.3 Å². The summed E-state index contributed by atoms with van der Waals surface area (Å²) >= 11 is 0. The predicted octanol–water partition coefficient (Wildman–Crippen LogP) is 0.133. The standard InChI is InChI=1S/C7H10N2O/c1-5-3-6(4-9-5)7(10)8-2/h3H,4H2,1-2H3,(H,8,10). The maximum Gasteiger partial charge on any atom is 0.248 e. The Morgan fingerprint density at radius 2 is 2.50 bits per heavy atom. The number of hydrogen-bond acceptors (Lipinski definition) is 2. The minimum absolute atomic E-state index is 0.0272. The van der Waals surface area contributed by atoms with Gasteiger partial charge >= 0.3 is 0 Å². The van der Waals surface area contributed by atoms with Gasteiger partial charge in [-0.1, -0.05) is 0 Å². The molecule has 3 heteroatoms. The monoisotopic (exact) mass is 138 g/mol. The van der Waals surface area contributed by atoms with Crippen LogP contribution in [0.2, 0.25) is 0 Å². The van der Waals surface area contributed by atoms with E-state index in [1.165, 1.54) is 0 Å². The molecule has 0 atom stereocenters. The minimum atomic E-state index is -0.0272. The number of likely N-dealkylation sites (N-methyl/N-ethyl adjacent to an activating group) is 1. The summed E-state index contributed by atoms with van der Waals surface area (Å²) < 4.78 is 0. The molecule has 0 aliphatic carbocycles. The van der Waals surface area contributed by atoms with Crippen LogP contribution in [-0.4, -0.2) is 25.2 Å². The maximum atomic E-state index is 10.9. The summed E-state index contributed by atoms with van der Waals surface area (Å²) in [5.41, 5.74) is 1.68. The van der Waals surface area contributed by atoms with Crippen LogP contribution in [0.1, 0.15) is 6.92 Å². The van der Waals surface area contributed by atoms with E-state index in [9.17, 15) is 4.79 Å². The van der Waals surface area contributed by atoms with Gasteiger partial charge in [0.15, 0.2) is 0 Å². The third-order valence-electron chi connectivity index (χ3n) is 1.40. The number of carbonyl (C=O) groups is 1. The molecule has 1 amide bonds. The predicted molar refractivity (Wildman–Crippen MR) is 40.1 cm³/mol. The molecule has 0 saturated heterocycles. The summed E-state index contributed by atoms with van der Waals surface area (Å²) in [4.78, 5) is 15.0. The number of nitrogens with zero attached hydrogens (tertiary/aromatic N) is 1. The van der Waals surface area contributed by atoms with Crippen molar-refractivity contribution in [3.8, 4) is 0 Å². The molecule has 0 spiro atoms. The molecule has 10 heavy (non-hydrogen) atoms. The van der Waals surface area contributed by atoms with E-state index in [-0.39, 0.29) is 5.91 Å². The van der Waals surface area contributed by atoms with E-state index in [0.717, 1.165) is 11.3 Å². The lowest BCUT2D eigenvalue weighted by atomic mass is 10.2. The zero-order valence-corrected chi connectivity index (χ0v) is 6.14. The highest BCUT2D eigenvalue weighted by Crippen LogP contribution is 2.04. The van der Waals surface area contributed by atoms with E-state index in [0.29, 0.717) is 6.54 Å². The van der Waals surface area contributed by atoms with Gasteiger partial charge in [0.2, 0.25) is 5.91 Å². The van der Waals surface area contributed by atoms with E-state index >= 15 is 0 Å². The lowest BCUT2D eigenvalue weighted by Crippen LogP contribution is -2.20. The van der Waals surface area contributed by atoms with Gasteiger partial charge in [-0.15, -0.1) is 0 Å². The van der Waals surface area contributed by atoms with Crippen LogP contribution in [0.15, 0.2) is 16.6 Å². The molecule has 0 unspecified atom stereocenters. The van der Waals surface area contributed by atoms with Gasteiger partial charge in [0.25, 0.3) is 0 Å². The minimum Gasteiger partial charge on any atom is -0.355 e. The molecule has 54 valence electrons. The van der Waals surface area contributed by atoms with Gasteiger partial charge in [-0.25, -0.2) is 0 Å². The van der Waals surface area contributed by atoms with Crippen molar-refractivity contribution in [2.24, 2.45) is 4.99 Å². The van der Waals surface area contributed by atoms with Crippen LogP contribution < -0.4 is 5.32 Å².